The van der Waals surface area contributed by atoms with E-state index in [1.807, 2.05) is 4.98 Å². The third-order valence-electron chi connectivity index (χ3n) is 5.26. The Morgan fingerprint density at radius 1 is 1.30 bits per heavy atom. The van der Waals surface area contributed by atoms with Crippen molar-refractivity contribution in [2.75, 3.05) is 0 Å². The second-order valence-electron chi connectivity index (χ2n) is 7.48. The van der Waals surface area contributed by atoms with Gasteiger partial charge in [0.1, 0.15) is 12.3 Å². The number of hydrogen-bond acceptors (Lipinski definition) is 5. The number of ether oxygens (including phenoxy) is 1. The molecule has 1 unspecified atom stereocenters. The fraction of sp³-hybridized carbons (Fsp3) is 0.789. The number of halogens is 1. The predicted octanol–water partition coefficient (Wildman–Crippen LogP) is 2.22. The number of aliphatic hydroxyl groups excluding tert-OH is 1. The van der Waals surface area contributed by atoms with Gasteiger partial charge in [-0.3, -0.25) is 14.3 Å². The van der Waals surface area contributed by atoms with Gasteiger partial charge in [0.25, 0.3) is 5.56 Å². The number of unbranched alkanes of at least 4 members (excludes halogenated alkanes) is 4. The van der Waals surface area contributed by atoms with Crippen molar-refractivity contribution in [1.29, 1.82) is 0 Å². The minimum atomic E-state index is -1.31. The highest BCUT2D eigenvalue weighted by molar-refractivity contribution is 5.00. The summed E-state index contributed by atoms with van der Waals surface area (Å²) < 4.78 is 20.4. The van der Waals surface area contributed by atoms with Crippen molar-refractivity contribution in [1.82, 2.24) is 9.55 Å². The van der Waals surface area contributed by atoms with E-state index in [4.69, 9.17) is 4.74 Å². The first kappa shape index (κ1) is 21.8. The molecular weight excluding hydrogens is 355 g/mol. The molecule has 2 heterocycles. The number of aliphatic hydroxyl groups is 2. The van der Waals surface area contributed by atoms with Gasteiger partial charge in [-0.1, -0.05) is 52.4 Å². The molecule has 0 saturated carbocycles. The number of aromatic nitrogens is 2. The minimum absolute atomic E-state index is 0.0532. The molecule has 154 valence electrons. The predicted molar refractivity (Wildman–Crippen MR) is 99.0 cm³/mol. The van der Waals surface area contributed by atoms with Crippen molar-refractivity contribution in [3.63, 3.8) is 0 Å². The lowest BCUT2D eigenvalue weighted by Crippen LogP contribution is -2.45. The Morgan fingerprint density at radius 2 is 1.96 bits per heavy atom. The summed E-state index contributed by atoms with van der Waals surface area (Å²) in [4.78, 5) is 25.2. The summed E-state index contributed by atoms with van der Waals surface area (Å²) in [5.41, 5.74) is -3.20. The molecule has 1 aliphatic rings. The average Bonchev–Trinajstić information content (AvgIpc) is 2.96. The molecule has 0 radical (unpaired) electrons. The zero-order valence-corrected chi connectivity index (χ0v) is 16.1. The van der Waals surface area contributed by atoms with Gasteiger partial charge >= 0.3 is 5.69 Å². The van der Waals surface area contributed by atoms with E-state index in [1.165, 1.54) is 0 Å². The van der Waals surface area contributed by atoms with Gasteiger partial charge in [-0.15, -0.1) is 0 Å². The summed E-state index contributed by atoms with van der Waals surface area (Å²) in [5, 5.41) is 21.8. The Hall–Kier alpha value is -1.51. The van der Waals surface area contributed by atoms with Gasteiger partial charge < -0.3 is 14.9 Å². The Balaban J connectivity index is 2.24. The van der Waals surface area contributed by atoms with Gasteiger partial charge in [0.2, 0.25) is 5.82 Å². The Morgan fingerprint density at radius 3 is 2.63 bits per heavy atom. The van der Waals surface area contributed by atoms with E-state index in [0.717, 1.165) is 49.3 Å². The zero-order valence-electron chi connectivity index (χ0n) is 16.1. The third kappa shape index (κ3) is 5.27. The second kappa shape index (κ2) is 9.61. The van der Waals surface area contributed by atoms with E-state index < -0.39 is 41.1 Å². The second-order valence-corrected chi connectivity index (χ2v) is 7.48. The standard InChI is InChI=1S/C19H31FN2O5/c1-3-5-7-9-14(23)16-19(26,10-8-6-4-2)11-15(27-16)22-12-13(20)17(24)21-18(22)25/h12,14-16,23,26H,3-11H2,1-2H3,(H,21,24,25)/t14?,15-,16-,19+/m1/s1. The van der Waals surface area contributed by atoms with Gasteiger partial charge in [0.15, 0.2) is 0 Å². The molecule has 27 heavy (non-hydrogen) atoms. The van der Waals surface area contributed by atoms with E-state index >= 15 is 0 Å². The summed E-state index contributed by atoms with van der Waals surface area (Å²) in [7, 11) is 0. The van der Waals surface area contributed by atoms with E-state index in [-0.39, 0.29) is 6.42 Å². The van der Waals surface area contributed by atoms with Crippen molar-refractivity contribution >= 4 is 0 Å². The maximum atomic E-state index is 13.6. The smallest absolute Gasteiger partial charge is 0.330 e. The van der Waals surface area contributed by atoms with Crippen LogP contribution in [-0.2, 0) is 4.74 Å². The molecule has 7 nitrogen and oxygen atoms in total. The molecule has 4 atom stereocenters. The third-order valence-corrected chi connectivity index (χ3v) is 5.26. The van der Waals surface area contributed by atoms with Crippen LogP contribution in [0, 0.1) is 5.82 Å². The summed E-state index contributed by atoms with van der Waals surface area (Å²) in [6.07, 6.45) is 4.52. The first-order valence-electron chi connectivity index (χ1n) is 9.89. The molecule has 1 saturated heterocycles. The van der Waals surface area contributed by atoms with Gasteiger partial charge in [0.05, 0.1) is 17.9 Å². The number of aromatic amines is 1. The van der Waals surface area contributed by atoms with E-state index in [1.54, 1.807) is 0 Å². The molecule has 1 aromatic rings. The Bertz CT molecular complexity index is 719. The largest absolute Gasteiger partial charge is 0.390 e. The van der Waals surface area contributed by atoms with Gasteiger partial charge in [-0.05, 0) is 12.8 Å². The fourth-order valence-corrected chi connectivity index (χ4v) is 3.73. The molecule has 0 amide bonds. The molecule has 1 fully saturated rings. The van der Waals surface area contributed by atoms with Crippen LogP contribution in [0.5, 0.6) is 0 Å². The van der Waals surface area contributed by atoms with Crippen LogP contribution in [0.1, 0.15) is 77.9 Å². The first-order chi connectivity index (χ1) is 12.8. The lowest BCUT2D eigenvalue weighted by molar-refractivity contribution is -0.121. The normalized spacial score (nSPS) is 26.4. The van der Waals surface area contributed by atoms with Crippen molar-refractivity contribution in [2.24, 2.45) is 0 Å². The summed E-state index contributed by atoms with van der Waals surface area (Å²) in [6.45, 7) is 4.12. The first-order valence-corrected chi connectivity index (χ1v) is 9.89. The van der Waals surface area contributed by atoms with Crippen LogP contribution in [-0.4, -0.2) is 37.6 Å². The molecule has 2 rings (SSSR count). The lowest BCUT2D eigenvalue weighted by Gasteiger charge is -2.31. The zero-order chi connectivity index (χ0) is 20.0. The number of hydrogen-bond donors (Lipinski definition) is 3. The fourth-order valence-electron chi connectivity index (χ4n) is 3.73. The maximum absolute atomic E-state index is 13.6. The van der Waals surface area contributed by atoms with Gasteiger partial charge in [0, 0.05) is 6.42 Å². The van der Waals surface area contributed by atoms with Crippen LogP contribution in [0.15, 0.2) is 15.8 Å². The number of rotatable bonds is 10. The average molecular weight is 386 g/mol. The molecule has 0 aromatic carbocycles. The maximum Gasteiger partial charge on any atom is 0.330 e. The van der Waals surface area contributed by atoms with E-state index in [9.17, 15) is 24.2 Å². The molecule has 0 bridgehead atoms. The summed E-state index contributed by atoms with van der Waals surface area (Å²) >= 11 is 0. The highest BCUT2D eigenvalue weighted by Gasteiger charge is 2.50. The van der Waals surface area contributed by atoms with Crippen molar-refractivity contribution in [2.45, 2.75) is 95.7 Å². The van der Waals surface area contributed by atoms with Crippen molar-refractivity contribution in [3.05, 3.63) is 32.9 Å². The molecule has 0 spiro atoms. The molecule has 1 aliphatic heterocycles. The van der Waals surface area contributed by atoms with Crippen LogP contribution in [0.25, 0.3) is 0 Å². The van der Waals surface area contributed by atoms with Crippen LogP contribution in [0.3, 0.4) is 0 Å². The molecular formula is C19H31FN2O5. The Labute approximate surface area is 158 Å². The molecule has 3 N–H and O–H groups in total. The van der Waals surface area contributed by atoms with Crippen LogP contribution in [0.2, 0.25) is 0 Å². The monoisotopic (exact) mass is 386 g/mol. The molecule has 1 aromatic heterocycles. The quantitative estimate of drug-likeness (QED) is 0.535. The lowest BCUT2D eigenvalue weighted by atomic mass is 9.85. The van der Waals surface area contributed by atoms with Gasteiger partial charge in [-0.25, -0.2) is 4.79 Å². The highest BCUT2D eigenvalue weighted by Crippen LogP contribution is 2.41. The highest BCUT2D eigenvalue weighted by atomic mass is 19.1. The number of nitrogens with zero attached hydrogens (tertiary/aromatic N) is 1. The summed E-state index contributed by atoms with van der Waals surface area (Å²) in [6, 6.07) is 0. The van der Waals surface area contributed by atoms with E-state index in [0.29, 0.717) is 12.8 Å². The van der Waals surface area contributed by atoms with Crippen molar-refractivity contribution < 1.29 is 19.3 Å². The van der Waals surface area contributed by atoms with Crippen LogP contribution in [0.4, 0.5) is 4.39 Å². The van der Waals surface area contributed by atoms with Crippen molar-refractivity contribution in [3.8, 4) is 0 Å². The van der Waals surface area contributed by atoms with Crippen LogP contribution < -0.4 is 11.2 Å². The van der Waals surface area contributed by atoms with Gasteiger partial charge in [-0.2, -0.15) is 4.39 Å². The minimum Gasteiger partial charge on any atom is -0.390 e. The number of H-pyrrole nitrogens is 1. The topological polar surface area (TPSA) is 105 Å². The summed E-state index contributed by atoms with van der Waals surface area (Å²) in [5.74, 6) is -1.10. The van der Waals surface area contributed by atoms with E-state index in [2.05, 4.69) is 13.8 Å². The Kier molecular flexibility index (Phi) is 7.76. The van der Waals surface area contributed by atoms with Crippen LogP contribution >= 0.6 is 0 Å². The SMILES string of the molecule is CCCCCC(O)[C@H]1O[C@@H](n2cc(F)c(=O)[nH]c2=O)C[C@@]1(O)CCCCC. The molecule has 0 aliphatic carbocycles. The number of nitrogens with one attached hydrogen (secondary N) is 1. The molecule has 8 heteroatoms.